The summed E-state index contributed by atoms with van der Waals surface area (Å²) in [6, 6.07) is 0.250. The van der Waals surface area contributed by atoms with Crippen molar-refractivity contribution in [1.82, 2.24) is 10.6 Å². The first-order chi connectivity index (χ1) is 10.7. The van der Waals surface area contributed by atoms with Crippen LogP contribution in [-0.4, -0.2) is 51.5 Å². The Morgan fingerprint density at radius 1 is 1.27 bits per heavy atom. The van der Waals surface area contributed by atoms with Gasteiger partial charge in [0.25, 0.3) is 0 Å². The lowest BCUT2D eigenvalue weighted by Gasteiger charge is -2.23. The molecule has 2 N–H and O–H groups in total. The smallest absolute Gasteiger partial charge is 0.191 e. The summed E-state index contributed by atoms with van der Waals surface area (Å²) in [5.41, 5.74) is 0. The van der Waals surface area contributed by atoms with E-state index in [1.807, 2.05) is 0 Å². The zero-order valence-corrected chi connectivity index (χ0v) is 14.9. The molecule has 5 nitrogen and oxygen atoms in total. The molecule has 1 rings (SSSR count). The Morgan fingerprint density at radius 3 is 2.59 bits per heavy atom. The maximum Gasteiger partial charge on any atom is 0.191 e. The van der Waals surface area contributed by atoms with Gasteiger partial charge >= 0.3 is 0 Å². The molecule has 22 heavy (non-hydrogen) atoms. The van der Waals surface area contributed by atoms with Gasteiger partial charge in [-0.25, -0.2) is 0 Å². The maximum atomic E-state index is 5.96. The van der Waals surface area contributed by atoms with Crippen LogP contribution in [0.2, 0.25) is 0 Å². The summed E-state index contributed by atoms with van der Waals surface area (Å²) in [5, 5.41) is 6.66. The van der Waals surface area contributed by atoms with Crippen molar-refractivity contribution in [3.05, 3.63) is 0 Å². The van der Waals surface area contributed by atoms with Gasteiger partial charge in [0.2, 0.25) is 0 Å². The first-order valence-corrected chi connectivity index (χ1v) is 8.86. The van der Waals surface area contributed by atoms with E-state index >= 15 is 0 Å². The van der Waals surface area contributed by atoms with Gasteiger partial charge in [0.1, 0.15) is 0 Å². The molecule has 0 amide bonds. The second-order valence-corrected chi connectivity index (χ2v) is 6.09. The van der Waals surface area contributed by atoms with Crippen LogP contribution < -0.4 is 10.6 Å². The van der Waals surface area contributed by atoms with Gasteiger partial charge in [-0.1, -0.05) is 12.8 Å². The maximum absolute atomic E-state index is 5.96. The topological polar surface area (TPSA) is 54.9 Å². The van der Waals surface area contributed by atoms with E-state index in [9.17, 15) is 0 Å². The number of methoxy groups -OCH3 is 1. The molecular weight excluding hydrogens is 278 g/mol. The zero-order valence-electron chi connectivity index (χ0n) is 14.9. The number of hydrogen-bond donors (Lipinski definition) is 2. The molecule has 0 spiro atoms. The Kier molecular flexibility index (Phi) is 10.2. The first-order valence-electron chi connectivity index (χ1n) is 8.86. The predicted molar refractivity (Wildman–Crippen MR) is 92.4 cm³/mol. The van der Waals surface area contributed by atoms with Crippen LogP contribution in [0.1, 0.15) is 52.9 Å². The minimum Gasteiger partial charge on any atom is -0.383 e. The zero-order chi connectivity index (χ0) is 16.2. The Hall–Kier alpha value is -0.810. The van der Waals surface area contributed by atoms with Crippen LogP contribution >= 0.6 is 0 Å². The van der Waals surface area contributed by atoms with Crippen LogP contribution in [0.15, 0.2) is 4.99 Å². The molecule has 0 aliphatic heterocycles. The van der Waals surface area contributed by atoms with E-state index in [-0.39, 0.29) is 6.04 Å². The van der Waals surface area contributed by atoms with E-state index in [1.165, 1.54) is 25.7 Å². The van der Waals surface area contributed by atoms with Gasteiger partial charge in [-0.3, -0.25) is 4.99 Å². The lowest BCUT2D eigenvalue weighted by Crippen LogP contribution is -2.44. The summed E-state index contributed by atoms with van der Waals surface area (Å²) in [4.78, 5) is 4.69. The second-order valence-electron chi connectivity index (χ2n) is 6.09. The fraction of sp³-hybridized carbons (Fsp3) is 0.941. The highest BCUT2D eigenvalue weighted by molar-refractivity contribution is 5.80. The van der Waals surface area contributed by atoms with Crippen molar-refractivity contribution in [3.63, 3.8) is 0 Å². The number of hydrogen-bond acceptors (Lipinski definition) is 3. The number of ether oxygens (including phenoxy) is 2. The van der Waals surface area contributed by atoms with Crippen molar-refractivity contribution in [1.29, 1.82) is 0 Å². The van der Waals surface area contributed by atoms with Gasteiger partial charge in [0.05, 0.1) is 12.7 Å². The number of nitrogens with zero attached hydrogens (tertiary/aromatic N) is 1. The molecule has 0 saturated heterocycles. The molecule has 1 aliphatic carbocycles. The SMILES string of the molecule is CCNC(=NCCC(OCC)C1CCCC1)NC(C)COC. The van der Waals surface area contributed by atoms with Crippen LogP contribution in [0.25, 0.3) is 0 Å². The van der Waals surface area contributed by atoms with Crippen molar-refractivity contribution in [2.24, 2.45) is 10.9 Å². The van der Waals surface area contributed by atoms with Crippen molar-refractivity contribution in [3.8, 4) is 0 Å². The molecule has 0 aromatic carbocycles. The minimum absolute atomic E-state index is 0.250. The molecule has 1 fully saturated rings. The highest BCUT2D eigenvalue weighted by atomic mass is 16.5. The van der Waals surface area contributed by atoms with E-state index in [0.29, 0.717) is 12.7 Å². The average molecular weight is 313 g/mol. The quantitative estimate of drug-likeness (QED) is 0.481. The molecule has 2 unspecified atom stereocenters. The fourth-order valence-corrected chi connectivity index (χ4v) is 3.15. The van der Waals surface area contributed by atoms with Crippen molar-refractivity contribution >= 4 is 5.96 Å². The van der Waals surface area contributed by atoms with Gasteiger partial charge < -0.3 is 20.1 Å². The van der Waals surface area contributed by atoms with E-state index in [4.69, 9.17) is 9.47 Å². The molecule has 0 radical (unpaired) electrons. The van der Waals surface area contributed by atoms with Crippen LogP contribution in [0, 0.1) is 5.92 Å². The highest BCUT2D eigenvalue weighted by Crippen LogP contribution is 2.30. The van der Waals surface area contributed by atoms with Gasteiger partial charge in [-0.2, -0.15) is 0 Å². The Morgan fingerprint density at radius 2 is 2.00 bits per heavy atom. The summed E-state index contributed by atoms with van der Waals surface area (Å²) in [6.45, 7) is 9.41. The van der Waals surface area contributed by atoms with Crippen molar-refractivity contribution in [2.45, 2.75) is 65.0 Å². The van der Waals surface area contributed by atoms with Crippen LogP contribution in [0.4, 0.5) is 0 Å². The van der Waals surface area contributed by atoms with E-state index < -0.39 is 0 Å². The van der Waals surface area contributed by atoms with Gasteiger partial charge in [0.15, 0.2) is 5.96 Å². The third-order valence-corrected chi connectivity index (χ3v) is 4.13. The van der Waals surface area contributed by atoms with Crippen LogP contribution in [-0.2, 0) is 9.47 Å². The summed E-state index contributed by atoms with van der Waals surface area (Å²) in [6.07, 6.45) is 6.73. The molecule has 5 heteroatoms. The minimum atomic E-state index is 0.250. The predicted octanol–water partition coefficient (Wildman–Crippen LogP) is 2.56. The Balaban J connectivity index is 2.45. The fourth-order valence-electron chi connectivity index (χ4n) is 3.15. The highest BCUT2D eigenvalue weighted by Gasteiger charge is 2.24. The second kappa shape index (κ2) is 11.7. The molecule has 2 atom stereocenters. The molecule has 0 heterocycles. The van der Waals surface area contributed by atoms with Gasteiger partial charge in [0, 0.05) is 32.8 Å². The largest absolute Gasteiger partial charge is 0.383 e. The molecular formula is C17H35N3O2. The average Bonchev–Trinajstić information content (AvgIpc) is 3.01. The molecule has 0 bridgehead atoms. The third-order valence-electron chi connectivity index (χ3n) is 4.13. The van der Waals surface area contributed by atoms with E-state index in [1.54, 1.807) is 7.11 Å². The number of rotatable bonds is 10. The standard InChI is InChI=1S/C17H35N3O2/c1-5-18-17(20-14(3)13-21-4)19-12-11-16(22-6-2)15-9-7-8-10-15/h14-16H,5-13H2,1-4H3,(H2,18,19,20). The Labute approximate surface area is 136 Å². The monoisotopic (exact) mass is 313 g/mol. The lowest BCUT2D eigenvalue weighted by atomic mass is 9.98. The third kappa shape index (κ3) is 7.45. The van der Waals surface area contributed by atoms with Crippen LogP contribution in [0.3, 0.4) is 0 Å². The van der Waals surface area contributed by atoms with Crippen molar-refractivity contribution < 1.29 is 9.47 Å². The normalized spacial score (nSPS) is 19.2. The number of nitrogens with one attached hydrogen (secondary N) is 2. The van der Waals surface area contributed by atoms with E-state index in [0.717, 1.165) is 38.0 Å². The first kappa shape index (κ1) is 19.2. The summed E-state index contributed by atoms with van der Waals surface area (Å²) in [7, 11) is 1.72. The van der Waals surface area contributed by atoms with Gasteiger partial charge in [-0.15, -0.1) is 0 Å². The summed E-state index contributed by atoms with van der Waals surface area (Å²) < 4.78 is 11.1. The number of guanidine groups is 1. The summed E-state index contributed by atoms with van der Waals surface area (Å²) in [5.74, 6) is 1.60. The summed E-state index contributed by atoms with van der Waals surface area (Å²) >= 11 is 0. The van der Waals surface area contributed by atoms with Crippen molar-refractivity contribution in [2.75, 3.05) is 33.4 Å². The Bertz CT molecular complexity index is 304. The van der Waals surface area contributed by atoms with Gasteiger partial charge in [-0.05, 0) is 46.0 Å². The number of aliphatic imine (C=N–C) groups is 1. The molecule has 130 valence electrons. The van der Waals surface area contributed by atoms with Crippen LogP contribution in [0.5, 0.6) is 0 Å². The molecule has 1 saturated carbocycles. The molecule has 1 aliphatic rings. The van der Waals surface area contributed by atoms with E-state index in [2.05, 4.69) is 36.4 Å². The molecule has 0 aromatic rings. The lowest BCUT2D eigenvalue weighted by molar-refractivity contribution is 0.0177. The molecule has 0 aromatic heterocycles.